The summed E-state index contributed by atoms with van der Waals surface area (Å²) in [6.07, 6.45) is 3.36. The number of nitrogens with zero attached hydrogens (tertiary/aromatic N) is 2. The van der Waals surface area contributed by atoms with E-state index in [2.05, 4.69) is 0 Å². The van der Waals surface area contributed by atoms with Crippen LogP contribution in [0.1, 0.15) is 17.5 Å². The molecule has 4 N–H and O–H groups in total. The zero-order valence-electron chi connectivity index (χ0n) is 11.2. The molecule has 0 aromatic heterocycles. The summed E-state index contributed by atoms with van der Waals surface area (Å²) in [5.74, 6) is -1.15. The molecule has 0 aliphatic carbocycles. The molecule has 0 saturated heterocycles. The van der Waals surface area contributed by atoms with Crippen molar-refractivity contribution in [2.45, 2.75) is 13.0 Å². The van der Waals surface area contributed by atoms with Crippen molar-refractivity contribution in [2.75, 3.05) is 0 Å². The maximum Gasteiger partial charge on any atom is 0.246 e. The molecule has 0 spiro atoms. The van der Waals surface area contributed by atoms with Crippen LogP contribution >= 0.6 is 0 Å². The minimum atomic E-state index is -0.577. The summed E-state index contributed by atoms with van der Waals surface area (Å²) in [7, 11) is 0. The molecule has 1 aliphatic rings. The van der Waals surface area contributed by atoms with Gasteiger partial charge in [-0.25, -0.2) is 0 Å². The Balaban J connectivity index is 2.23. The lowest BCUT2D eigenvalue weighted by atomic mass is 10.0. The van der Waals surface area contributed by atoms with Crippen molar-refractivity contribution in [2.24, 2.45) is 11.5 Å². The molecule has 6 nitrogen and oxygen atoms in total. The lowest BCUT2D eigenvalue weighted by molar-refractivity contribution is -0.115. The summed E-state index contributed by atoms with van der Waals surface area (Å²) in [5.41, 5.74) is 12.7. The van der Waals surface area contributed by atoms with Crippen LogP contribution < -0.4 is 11.5 Å². The van der Waals surface area contributed by atoms with Crippen LogP contribution in [-0.4, -0.2) is 16.7 Å². The van der Waals surface area contributed by atoms with Crippen LogP contribution in [0.3, 0.4) is 0 Å². The fraction of sp³-hybridized carbons (Fsp3) is 0.133. The number of amides is 2. The highest BCUT2D eigenvalue weighted by molar-refractivity contribution is 5.98. The third kappa shape index (κ3) is 3.48. The Bertz CT molecular complexity index is 651. The highest BCUT2D eigenvalue weighted by Gasteiger charge is 2.19. The standard InChI is InChI=1S/C15H14N4O2/c16-6-10-1-3-11(4-2-10)7-19-8-12(14(17)20)5-13(9-19)15(18)21/h1-4,8-9H,5,7H2,(H2,17,20)(H2,18,21). The number of rotatable bonds is 4. The molecule has 106 valence electrons. The van der Waals surface area contributed by atoms with E-state index >= 15 is 0 Å². The Morgan fingerprint density at radius 3 is 2.05 bits per heavy atom. The first-order valence-corrected chi connectivity index (χ1v) is 6.25. The number of nitrogens with two attached hydrogens (primary N) is 2. The van der Waals surface area contributed by atoms with E-state index in [9.17, 15) is 9.59 Å². The monoisotopic (exact) mass is 282 g/mol. The van der Waals surface area contributed by atoms with Gasteiger partial charge in [0.1, 0.15) is 0 Å². The van der Waals surface area contributed by atoms with Gasteiger partial charge < -0.3 is 16.4 Å². The van der Waals surface area contributed by atoms with Crippen molar-refractivity contribution >= 4 is 11.8 Å². The zero-order chi connectivity index (χ0) is 15.4. The number of carbonyl (C=O) groups is 2. The quantitative estimate of drug-likeness (QED) is 0.837. The second kappa shape index (κ2) is 5.92. The Morgan fingerprint density at radius 1 is 1.10 bits per heavy atom. The van der Waals surface area contributed by atoms with Crippen molar-refractivity contribution in [3.63, 3.8) is 0 Å². The molecule has 1 aromatic carbocycles. The molecule has 0 atom stereocenters. The average molecular weight is 282 g/mol. The Kier molecular flexibility index (Phi) is 4.05. The molecule has 6 heteroatoms. The smallest absolute Gasteiger partial charge is 0.246 e. The normalized spacial score (nSPS) is 14.0. The van der Waals surface area contributed by atoms with E-state index in [0.717, 1.165) is 5.56 Å². The minimum Gasteiger partial charge on any atom is -0.366 e. The van der Waals surface area contributed by atoms with Crippen molar-refractivity contribution in [3.05, 3.63) is 58.9 Å². The minimum absolute atomic E-state index is 0.147. The lowest BCUT2D eigenvalue weighted by Crippen LogP contribution is -2.27. The third-order valence-corrected chi connectivity index (χ3v) is 3.11. The maximum absolute atomic E-state index is 11.3. The zero-order valence-corrected chi connectivity index (χ0v) is 11.2. The highest BCUT2D eigenvalue weighted by Crippen LogP contribution is 2.20. The lowest BCUT2D eigenvalue weighted by Gasteiger charge is -2.23. The van der Waals surface area contributed by atoms with Gasteiger partial charge >= 0.3 is 0 Å². The van der Waals surface area contributed by atoms with Gasteiger partial charge in [-0.3, -0.25) is 9.59 Å². The first-order valence-electron chi connectivity index (χ1n) is 6.25. The van der Waals surface area contributed by atoms with Gasteiger partial charge in [-0.05, 0) is 17.7 Å². The van der Waals surface area contributed by atoms with Crippen molar-refractivity contribution in [3.8, 4) is 6.07 Å². The SMILES string of the molecule is N#Cc1ccc(CN2C=C(C(N)=O)CC(C(N)=O)=C2)cc1. The van der Waals surface area contributed by atoms with Crippen LogP contribution in [0.2, 0.25) is 0 Å². The van der Waals surface area contributed by atoms with Crippen LogP contribution in [0.4, 0.5) is 0 Å². The molecule has 0 radical (unpaired) electrons. The van der Waals surface area contributed by atoms with Gasteiger partial charge in [-0.1, -0.05) is 12.1 Å². The van der Waals surface area contributed by atoms with Gasteiger partial charge in [0, 0.05) is 36.5 Å². The van der Waals surface area contributed by atoms with Gasteiger partial charge in [0.25, 0.3) is 0 Å². The molecular formula is C15H14N4O2. The highest BCUT2D eigenvalue weighted by atomic mass is 16.1. The Morgan fingerprint density at radius 2 is 1.62 bits per heavy atom. The third-order valence-electron chi connectivity index (χ3n) is 3.11. The Labute approximate surface area is 121 Å². The molecule has 21 heavy (non-hydrogen) atoms. The molecule has 0 unspecified atom stereocenters. The number of benzene rings is 1. The van der Waals surface area contributed by atoms with Gasteiger partial charge in [-0.2, -0.15) is 5.26 Å². The van der Waals surface area contributed by atoms with Crippen molar-refractivity contribution in [1.29, 1.82) is 5.26 Å². The number of hydrogen-bond donors (Lipinski definition) is 2. The number of primary amides is 2. The molecule has 0 fully saturated rings. The van der Waals surface area contributed by atoms with E-state index in [1.54, 1.807) is 29.4 Å². The molecule has 1 aliphatic heterocycles. The number of carbonyl (C=O) groups excluding carboxylic acids is 2. The fourth-order valence-electron chi connectivity index (χ4n) is 2.02. The molecule has 0 saturated carbocycles. The average Bonchev–Trinajstić information content (AvgIpc) is 2.47. The summed E-state index contributed by atoms with van der Waals surface area (Å²) in [4.78, 5) is 24.3. The van der Waals surface area contributed by atoms with E-state index < -0.39 is 11.8 Å². The summed E-state index contributed by atoms with van der Waals surface area (Å²) < 4.78 is 0. The van der Waals surface area contributed by atoms with E-state index in [0.29, 0.717) is 23.3 Å². The molecule has 1 aromatic rings. The largest absolute Gasteiger partial charge is 0.366 e. The molecule has 2 rings (SSSR count). The van der Waals surface area contributed by atoms with Crippen LogP contribution in [0.5, 0.6) is 0 Å². The van der Waals surface area contributed by atoms with Gasteiger partial charge in [0.2, 0.25) is 11.8 Å². The number of hydrogen-bond acceptors (Lipinski definition) is 4. The second-order valence-electron chi connectivity index (χ2n) is 4.70. The molecule has 2 amide bonds. The van der Waals surface area contributed by atoms with Gasteiger partial charge in [0.05, 0.1) is 11.6 Å². The molecular weight excluding hydrogens is 268 g/mol. The van der Waals surface area contributed by atoms with E-state index in [-0.39, 0.29) is 6.42 Å². The van der Waals surface area contributed by atoms with E-state index in [1.807, 2.05) is 18.2 Å². The second-order valence-corrected chi connectivity index (χ2v) is 4.70. The summed E-state index contributed by atoms with van der Waals surface area (Å²) in [6.45, 7) is 0.444. The predicted octanol–water partition coefficient (Wildman–Crippen LogP) is 0.502. The topological polar surface area (TPSA) is 113 Å². The summed E-state index contributed by atoms with van der Waals surface area (Å²) in [5, 5.41) is 8.76. The molecule has 0 bridgehead atoms. The fourth-order valence-corrected chi connectivity index (χ4v) is 2.02. The van der Waals surface area contributed by atoms with Crippen LogP contribution in [0.25, 0.3) is 0 Å². The van der Waals surface area contributed by atoms with Crippen LogP contribution in [-0.2, 0) is 16.1 Å². The van der Waals surface area contributed by atoms with Gasteiger partial charge in [0.15, 0.2) is 0 Å². The van der Waals surface area contributed by atoms with Crippen LogP contribution in [0.15, 0.2) is 47.8 Å². The predicted molar refractivity (Wildman–Crippen MR) is 75.9 cm³/mol. The summed E-state index contributed by atoms with van der Waals surface area (Å²) in [6, 6.07) is 9.07. The number of nitriles is 1. The van der Waals surface area contributed by atoms with Crippen molar-refractivity contribution < 1.29 is 9.59 Å². The van der Waals surface area contributed by atoms with Crippen molar-refractivity contribution in [1.82, 2.24) is 4.90 Å². The molecule has 1 heterocycles. The van der Waals surface area contributed by atoms with Crippen LogP contribution in [0, 0.1) is 11.3 Å². The Hall–Kier alpha value is -3.07. The van der Waals surface area contributed by atoms with E-state index in [1.165, 1.54) is 0 Å². The van der Waals surface area contributed by atoms with E-state index in [4.69, 9.17) is 16.7 Å². The first kappa shape index (κ1) is 14.3. The van der Waals surface area contributed by atoms with Gasteiger partial charge in [-0.15, -0.1) is 0 Å². The summed E-state index contributed by atoms with van der Waals surface area (Å²) >= 11 is 0. The first-order chi connectivity index (χ1) is 9.99. The maximum atomic E-state index is 11.3.